The van der Waals surface area contributed by atoms with Crippen molar-refractivity contribution in [2.75, 3.05) is 13.3 Å². The van der Waals surface area contributed by atoms with Crippen molar-refractivity contribution in [2.45, 2.75) is 30.8 Å². The molecular weight excluding hydrogens is 298 g/mol. The van der Waals surface area contributed by atoms with Crippen molar-refractivity contribution in [3.63, 3.8) is 0 Å². The molecule has 0 aliphatic carbocycles. The molecule has 1 unspecified atom stereocenters. The van der Waals surface area contributed by atoms with Crippen LogP contribution in [0, 0.1) is 0 Å². The maximum Gasteiger partial charge on any atom is 0.175 e. The van der Waals surface area contributed by atoms with Crippen LogP contribution in [0.15, 0.2) is 47.8 Å². The van der Waals surface area contributed by atoms with Gasteiger partial charge in [0.15, 0.2) is 9.84 Å². The van der Waals surface area contributed by atoms with Crippen LogP contribution in [-0.2, 0) is 22.8 Å². The normalized spacial score (nSPS) is 13.3. The molecule has 1 aromatic heterocycles. The van der Waals surface area contributed by atoms with Crippen LogP contribution in [0.2, 0.25) is 0 Å². The van der Waals surface area contributed by atoms with Crippen LogP contribution in [0.3, 0.4) is 0 Å². The lowest BCUT2D eigenvalue weighted by Crippen LogP contribution is -2.30. The number of nitrogens with zero attached hydrogens (tertiary/aromatic N) is 3. The number of aromatic nitrogens is 2. The van der Waals surface area contributed by atoms with Gasteiger partial charge in [-0.15, -0.1) is 0 Å². The highest BCUT2D eigenvalue weighted by Crippen LogP contribution is 2.13. The average molecular weight is 319 g/mol. The maximum atomic E-state index is 11.5. The molecule has 0 spiro atoms. The summed E-state index contributed by atoms with van der Waals surface area (Å²) in [5.74, 6) is 0. The lowest BCUT2D eigenvalue weighted by Gasteiger charge is -2.24. The largest absolute Gasteiger partial charge is 0.299 e. The van der Waals surface area contributed by atoms with E-state index in [1.165, 1.54) is 6.26 Å². The lowest BCUT2D eigenvalue weighted by molar-refractivity contribution is 0.246. The van der Waals surface area contributed by atoms with Crippen LogP contribution in [0.5, 0.6) is 0 Å². The first-order valence-electron chi connectivity index (χ1n) is 7.10. The zero-order chi connectivity index (χ0) is 16.2. The minimum absolute atomic E-state index is 0.311. The van der Waals surface area contributed by atoms with Crippen LogP contribution in [-0.4, -0.2) is 42.6 Å². The predicted molar refractivity (Wildman–Crippen MR) is 86.2 cm³/mol. The monoisotopic (exact) mass is 319 g/mol. The Bertz CT molecular complexity index is 700. The number of rotatable bonds is 6. The average Bonchev–Trinajstić information content (AvgIpc) is 2.48. The summed E-state index contributed by atoms with van der Waals surface area (Å²) in [4.78, 5) is 10.9. The molecule has 5 nitrogen and oxygen atoms in total. The molecule has 0 fully saturated rings. The highest BCUT2D eigenvalue weighted by atomic mass is 32.2. The van der Waals surface area contributed by atoms with E-state index in [0.29, 0.717) is 10.9 Å². The Morgan fingerprint density at radius 1 is 1.18 bits per heavy atom. The fraction of sp³-hybridized carbons (Fsp3) is 0.375. The Morgan fingerprint density at radius 3 is 2.41 bits per heavy atom. The van der Waals surface area contributed by atoms with E-state index in [-0.39, 0.29) is 0 Å². The van der Waals surface area contributed by atoms with Gasteiger partial charge in [-0.05, 0) is 31.7 Å². The standard InChI is InChI=1S/C16H21N3O2S/c1-13(10-15-11-17-8-9-18-15)19(2)12-14-4-6-16(7-5-14)22(3,20)21/h4-9,11,13H,10,12H2,1-3H3. The third-order valence-electron chi connectivity index (χ3n) is 3.66. The zero-order valence-electron chi connectivity index (χ0n) is 13.1. The second kappa shape index (κ2) is 6.98. The van der Waals surface area contributed by atoms with Crippen LogP contribution in [0.4, 0.5) is 0 Å². The Balaban J connectivity index is 1.98. The molecule has 0 aliphatic heterocycles. The molecule has 22 heavy (non-hydrogen) atoms. The van der Waals surface area contributed by atoms with E-state index in [9.17, 15) is 8.42 Å². The molecule has 6 heteroatoms. The van der Waals surface area contributed by atoms with E-state index < -0.39 is 9.84 Å². The number of benzene rings is 1. The summed E-state index contributed by atoms with van der Waals surface area (Å²) in [6.45, 7) is 2.89. The van der Waals surface area contributed by atoms with E-state index in [2.05, 4.69) is 21.8 Å². The second-order valence-corrected chi connectivity index (χ2v) is 7.60. The van der Waals surface area contributed by atoms with Crippen LogP contribution >= 0.6 is 0 Å². The van der Waals surface area contributed by atoms with Crippen LogP contribution < -0.4 is 0 Å². The van der Waals surface area contributed by atoms with Gasteiger partial charge in [-0.3, -0.25) is 14.9 Å². The van der Waals surface area contributed by atoms with Crippen LogP contribution in [0.1, 0.15) is 18.2 Å². The summed E-state index contributed by atoms with van der Waals surface area (Å²) in [6.07, 6.45) is 7.20. The summed E-state index contributed by atoms with van der Waals surface area (Å²) in [5, 5.41) is 0. The zero-order valence-corrected chi connectivity index (χ0v) is 13.9. The molecular formula is C16H21N3O2S. The highest BCUT2D eigenvalue weighted by molar-refractivity contribution is 7.90. The third kappa shape index (κ3) is 4.61. The number of likely N-dealkylation sites (N-methyl/N-ethyl adjacent to an activating group) is 1. The van der Waals surface area contributed by atoms with Crippen LogP contribution in [0.25, 0.3) is 0 Å². The molecule has 1 atom stereocenters. The van der Waals surface area contributed by atoms with E-state index in [1.807, 2.05) is 19.2 Å². The topological polar surface area (TPSA) is 63.2 Å². The molecule has 2 rings (SSSR count). The fourth-order valence-electron chi connectivity index (χ4n) is 2.18. The molecule has 0 saturated heterocycles. The van der Waals surface area contributed by atoms with Gasteiger partial charge < -0.3 is 0 Å². The molecule has 0 aliphatic rings. The second-order valence-electron chi connectivity index (χ2n) is 5.58. The van der Waals surface area contributed by atoms with Crippen molar-refractivity contribution in [3.05, 3.63) is 54.1 Å². The Labute approximate surface area is 132 Å². The van der Waals surface area contributed by atoms with Gasteiger partial charge in [0.1, 0.15) is 0 Å². The lowest BCUT2D eigenvalue weighted by atomic mass is 10.1. The molecule has 0 N–H and O–H groups in total. The highest BCUT2D eigenvalue weighted by Gasteiger charge is 2.12. The number of sulfone groups is 1. The van der Waals surface area contributed by atoms with Gasteiger partial charge in [-0.25, -0.2) is 8.42 Å². The molecule has 1 aromatic carbocycles. The summed E-state index contributed by atoms with van der Waals surface area (Å²) in [6, 6.07) is 7.35. The molecule has 0 amide bonds. The molecule has 118 valence electrons. The van der Waals surface area contributed by atoms with E-state index in [4.69, 9.17) is 0 Å². The van der Waals surface area contributed by atoms with Gasteiger partial charge in [-0.1, -0.05) is 12.1 Å². The smallest absolute Gasteiger partial charge is 0.175 e. The minimum Gasteiger partial charge on any atom is -0.299 e. The Morgan fingerprint density at radius 2 is 1.86 bits per heavy atom. The van der Waals surface area contributed by atoms with Crippen molar-refractivity contribution < 1.29 is 8.42 Å². The summed E-state index contributed by atoms with van der Waals surface area (Å²) in [5.41, 5.74) is 2.05. The Kier molecular flexibility index (Phi) is 5.26. The van der Waals surface area contributed by atoms with Crippen molar-refractivity contribution in [1.29, 1.82) is 0 Å². The van der Waals surface area contributed by atoms with E-state index in [1.54, 1.807) is 30.7 Å². The fourth-order valence-corrected chi connectivity index (χ4v) is 2.81. The first-order valence-corrected chi connectivity index (χ1v) is 8.99. The van der Waals surface area contributed by atoms with Gasteiger partial charge in [0, 0.05) is 43.9 Å². The predicted octanol–water partition coefficient (Wildman–Crippen LogP) is 1.94. The molecule has 0 radical (unpaired) electrons. The van der Waals surface area contributed by atoms with Gasteiger partial charge in [0.25, 0.3) is 0 Å². The summed E-state index contributed by atoms with van der Waals surface area (Å²) >= 11 is 0. The van der Waals surface area contributed by atoms with Gasteiger partial charge in [-0.2, -0.15) is 0 Å². The van der Waals surface area contributed by atoms with Crippen molar-refractivity contribution in [3.8, 4) is 0 Å². The van der Waals surface area contributed by atoms with Gasteiger partial charge >= 0.3 is 0 Å². The van der Waals surface area contributed by atoms with E-state index in [0.717, 1.165) is 24.2 Å². The first-order chi connectivity index (χ1) is 10.4. The quantitative estimate of drug-likeness (QED) is 0.814. The third-order valence-corrected chi connectivity index (χ3v) is 4.79. The molecule has 0 saturated carbocycles. The van der Waals surface area contributed by atoms with Crippen molar-refractivity contribution in [2.24, 2.45) is 0 Å². The molecule has 2 aromatic rings. The van der Waals surface area contributed by atoms with Crippen molar-refractivity contribution in [1.82, 2.24) is 14.9 Å². The summed E-state index contributed by atoms with van der Waals surface area (Å²) < 4.78 is 22.9. The minimum atomic E-state index is -3.13. The van der Waals surface area contributed by atoms with Gasteiger partial charge in [0.2, 0.25) is 0 Å². The Hall–Kier alpha value is -1.79. The molecule has 1 heterocycles. The van der Waals surface area contributed by atoms with E-state index >= 15 is 0 Å². The molecule has 0 bridgehead atoms. The maximum absolute atomic E-state index is 11.5. The van der Waals surface area contributed by atoms with Gasteiger partial charge in [0.05, 0.1) is 10.6 Å². The number of hydrogen-bond donors (Lipinski definition) is 0. The first kappa shape index (κ1) is 16.6. The number of hydrogen-bond acceptors (Lipinski definition) is 5. The SMILES string of the molecule is CC(Cc1cnccn1)N(C)Cc1ccc(S(C)(=O)=O)cc1. The van der Waals surface area contributed by atoms with Crippen molar-refractivity contribution >= 4 is 9.84 Å². The summed E-state index contributed by atoms with van der Waals surface area (Å²) in [7, 11) is -1.09.